The van der Waals surface area contributed by atoms with Gasteiger partial charge in [-0.3, -0.25) is 4.90 Å². The van der Waals surface area contributed by atoms with E-state index in [0.29, 0.717) is 17.5 Å². The average molecular weight is 341 g/mol. The molecule has 0 aromatic heterocycles. The lowest BCUT2D eigenvalue weighted by molar-refractivity contribution is 0.176. The summed E-state index contributed by atoms with van der Waals surface area (Å²) in [5.74, 6) is 0.796. The van der Waals surface area contributed by atoms with Gasteiger partial charge in [0.2, 0.25) is 0 Å². The molecule has 5 heteroatoms. The first-order valence-corrected chi connectivity index (χ1v) is 7.44. The van der Waals surface area contributed by atoms with Crippen molar-refractivity contribution in [1.82, 2.24) is 9.80 Å². The fraction of sp³-hybridized carbons (Fsp3) is 0.467. The molecule has 0 spiro atoms. The summed E-state index contributed by atoms with van der Waals surface area (Å²) < 4.78 is 6.22. The number of hydrogen-bond donors (Lipinski definition) is 1. The maximum Gasteiger partial charge on any atom is 0.146 e. The van der Waals surface area contributed by atoms with E-state index in [9.17, 15) is 5.11 Å². The first kappa shape index (κ1) is 15.2. The van der Waals surface area contributed by atoms with Gasteiger partial charge in [-0.2, -0.15) is 0 Å². The van der Waals surface area contributed by atoms with Crippen LogP contribution in [0.1, 0.15) is 18.4 Å². The summed E-state index contributed by atoms with van der Waals surface area (Å²) in [5.41, 5.74) is 1.41. The fourth-order valence-corrected chi connectivity index (χ4v) is 3.26. The SMILES string of the molecule is C=C(c1c(O)ccc(Br)c1OC)N(C)C1CCCN1C. The molecular formula is C15H21BrN2O2. The van der Waals surface area contributed by atoms with E-state index in [0.717, 1.165) is 23.1 Å². The Bertz CT molecular complexity index is 519. The molecule has 0 saturated carbocycles. The Hall–Kier alpha value is -1.20. The van der Waals surface area contributed by atoms with Crippen LogP contribution >= 0.6 is 15.9 Å². The van der Waals surface area contributed by atoms with E-state index in [1.165, 1.54) is 6.42 Å². The highest BCUT2D eigenvalue weighted by atomic mass is 79.9. The molecule has 1 unspecified atom stereocenters. The molecular weight excluding hydrogens is 320 g/mol. The van der Waals surface area contributed by atoms with Gasteiger partial charge in [-0.1, -0.05) is 6.58 Å². The maximum absolute atomic E-state index is 10.2. The van der Waals surface area contributed by atoms with Gasteiger partial charge in [-0.25, -0.2) is 0 Å². The zero-order valence-corrected chi connectivity index (χ0v) is 13.8. The molecule has 2 rings (SSSR count). The van der Waals surface area contributed by atoms with Crippen molar-refractivity contribution < 1.29 is 9.84 Å². The van der Waals surface area contributed by atoms with Gasteiger partial charge in [0.05, 0.1) is 23.3 Å². The topological polar surface area (TPSA) is 35.9 Å². The lowest BCUT2D eigenvalue weighted by Crippen LogP contribution is -2.39. The molecule has 1 fully saturated rings. The molecule has 1 atom stereocenters. The van der Waals surface area contributed by atoms with Crippen molar-refractivity contribution in [3.63, 3.8) is 0 Å². The van der Waals surface area contributed by atoms with E-state index in [2.05, 4.69) is 39.4 Å². The summed E-state index contributed by atoms with van der Waals surface area (Å²) in [7, 11) is 5.71. The number of phenolic OH excluding ortho intramolecular Hbond substituents is 1. The predicted octanol–water partition coefficient (Wildman–Crippen LogP) is 3.12. The van der Waals surface area contributed by atoms with E-state index < -0.39 is 0 Å². The largest absolute Gasteiger partial charge is 0.507 e. The van der Waals surface area contributed by atoms with Crippen molar-refractivity contribution in [1.29, 1.82) is 0 Å². The van der Waals surface area contributed by atoms with Crippen molar-refractivity contribution >= 4 is 21.6 Å². The lowest BCUT2D eigenvalue weighted by Gasteiger charge is -2.33. The smallest absolute Gasteiger partial charge is 0.146 e. The van der Waals surface area contributed by atoms with Crippen molar-refractivity contribution in [2.45, 2.75) is 19.0 Å². The van der Waals surface area contributed by atoms with Crippen molar-refractivity contribution in [3.8, 4) is 11.5 Å². The third kappa shape index (κ3) is 2.65. The quantitative estimate of drug-likeness (QED) is 0.913. The van der Waals surface area contributed by atoms with Crippen LogP contribution in [0.3, 0.4) is 0 Å². The summed E-state index contributed by atoms with van der Waals surface area (Å²) >= 11 is 3.45. The van der Waals surface area contributed by atoms with Gasteiger partial charge >= 0.3 is 0 Å². The molecule has 1 heterocycles. The second kappa shape index (κ2) is 6.06. The van der Waals surface area contributed by atoms with Gasteiger partial charge in [0.25, 0.3) is 0 Å². The number of benzene rings is 1. The lowest BCUT2D eigenvalue weighted by atomic mass is 10.1. The van der Waals surface area contributed by atoms with Gasteiger partial charge < -0.3 is 14.7 Å². The first-order valence-electron chi connectivity index (χ1n) is 6.65. The fourth-order valence-electron chi connectivity index (χ4n) is 2.76. The summed E-state index contributed by atoms with van der Waals surface area (Å²) in [6.45, 7) is 5.24. The highest BCUT2D eigenvalue weighted by Crippen LogP contribution is 2.41. The summed E-state index contributed by atoms with van der Waals surface area (Å²) in [6, 6.07) is 3.42. The Labute approximate surface area is 128 Å². The molecule has 4 nitrogen and oxygen atoms in total. The van der Waals surface area contributed by atoms with Crippen LogP contribution in [0.4, 0.5) is 0 Å². The molecule has 0 aliphatic carbocycles. The van der Waals surface area contributed by atoms with Gasteiger partial charge in [-0.05, 0) is 54.5 Å². The van der Waals surface area contributed by atoms with Crippen LogP contribution in [-0.4, -0.2) is 48.8 Å². The number of nitrogens with zero attached hydrogens (tertiary/aromatic N) is 2. The van der Waals surface area contributed by atoms with Crippen LogP contribution in [0, 0.1) is 0 Å². The second-order valence-corrected chi connectivity index (χ2v) is 5.99. The number of ether oxygens (including phenoxy) is 1. The number of rotatable bonds is 4. The Balaban J connectivity index is 2.35. The molecule has 0 radical (unpaired) electrons. The van der Waals surface area contributed by atoms with Gasteiger partial charge in [0.1, 0.15) is 11.5 Å². The van der Waals surface area contributed by atoms with Gasteiger partial charge in [0.15, 0.2) is 0 Å². The Kier molecular flexibility index (Phi) is 4.60. The molecule has 0 bridgehead atoms. The number of likely N-dealkylation sites (tertiary alicyclic amines) is 1. The van der Waals surface area contributed by atoms with Crippen molar-refractivity contribution in [3.05, 3.63) is 28.7 Å². The summed E-state index contributed by atoms with van der Waals surface area (Å²) in [4.78, 5) is 4.41. The van der Waals surface area contributed by atoms with Crippen LogP contribution in [-0.2, 0) is 0 Å². The second-order valence-electron chi connectivity index (χ2n) is 5.14. The molecule has 1 saturated heterocycles. The highest BCUT2D eigenvalue weighted by Gasteiger charge is 2.28. The van der Waals surface area contributed by atoms with Crippen LogP contribution in [0.25, 0.3) is 5.70 Å². The average Bonchev–Trinajstić information content (AvgIpc) is 2.85. The zero-order chi connectivity index (χ0) is 14.9. The van der Waals surface area contributed by atoms with Crippen LogP contribution in [0.5, 0.6) is 11.5 Å². The number of hydrogen-bond acceptors (Lipinski definition) is 4. The van der Waals surface area contributed by atoms with Crippen molar-refractivity contribution in [2.24, 2.45) is 0 Å². The van der Waals surface area contributed by atoms with E-state index in [4.69, 9.17) is 4.74 Å². The predicted molar refractivity (Wildman–Crippen MR) is 84.8 cm³/mol. The van der Waals surface area contributed by atoms with Gasteiger partial charge in [0, 0.05) is 12.7 Å². The van der Waals surface area contributed by atoms with Crippen molar-refractivity contribution in [2.75, 3.05) is 27.7 Å². The molecule has 1 aromatic carbocycles. The number of halogens is 1. The van der Waals surface area contributed by atoms with Gasteiger partial charge in [-0.15, -0.1) is 0 Å². The normalized spacial score (nSPS) is 19.1. The van der Waals surface area contributed by atoms with E-state index in [1.54, 1.807) is 19.2 Å². The van der Waals surface area contributed by atoms with E-state index in [1.807, 2.05) is 7.05 Å². The first-order chi connectivity index (χ1) is 9.47. The minimum Gasteiger partial charge on any atom is -0.507 e. The monoisotopic (exact) mass is 340 g/mol. The molecule has 1 aromatic rings. The molecule has 1 aliphatic rings. The minimum atomic E-state index is 0.183. The Morgan fingerprint density at radius 1 is 1.55 bits per heavy atom. The number of phenols is 1. The summed E-state index contributed by atoms with van der Waals surface area (Å²) in [5, 5.41) is 10.2. The number of methoxy groups -OCH3 is 1. The highest BCUT2D eigenvalue weighted by molar-refractivity contribution is 9.10. The van der Waals surface area contributed by atoms with E-state index in [-0.39, 0.29) is 5.75 Å². The standard InChI is InChI=1S/C15H21BrN2O2/c1-10(18(3)13-6-5-9-17(13)2)14-12(19)8-7-11(16)15(14)20-4/h7-8,13,19H,1,5-6,9H2,2-4H3. The Morgan fingerprint density at radius 2 is 2.25 bits per heavy atom. The van der Waals surface area contributed by atoms with Crippen LogP contribution in [0.15, 0.2) is 23.2 Å². The summed E-state index contributed by atoms with van der Waals surface area (Å²) in [6.07, 6.45) is 2.59. The molecule has 110 valence electrons. The molecule has 1 aliphatic heterocycles. The molecule has 0 amide bonds. The van der Waals surface area contributed by atoms with E-state index >= 15 is 0 Å². The molecule has 20 heavy (non-hydrogen) atoms. The maximum atomic E-state index is 10.2. The number of aromatic hydroxyl groups is 1. The van der Waals surface area contributed by atoms with Crippen LogP contribution < -0.4 is 4.74 Å². The zero-order valence-electron chi connectivity index (χ0n) is 12.2. The van der Waals surface area contributed by atoms with Crippen LogP contribution in [0.2, 0.25) is 0 Å². The molecule has 1 N–H and O–H groups in total. The third-order valence-corrected chi connectivity index (χ3v) is 4.56. The third-order valence-electron chi connectivity index (χ3n) is 3.94. The minimum absolute atomic E-state index is 0.183. The Morgan fingerprint density at radius 3 is 2.80 bits per heavy atom.